The molecule has 0 unspecified atom stereocenters. The normalized spacial score (nSPS) is 11.9. The number of thiophene rings is 1. The second-order valence-electron chi connectivity index (χ2n) is 6.72. The molecule has 10 heteroatoms. The van der Waals surface area contributed by atoms with Crippen molar-refractivity contribution < 1.29 is 17.7 Å². The van der Waals surface area contributed by atoms with Crippen molar-refractivity contribution in [1.82, 2.24) is 19.8 Å². The minimum atomic E-state index is -3.31. The molecular formula is C18H22N4O4S2. The van der Waals surface area contributed by atoms with Gasteiger partial charge in [-0.3, -0.25) is 4.79 Å². The lowest BCUT2D eigenvalue weighted by Crippen LogP contribution is -2.35. The van der Waals surface area contributed by atoms with Gasteiger partial charge in [-0.05, 0) is 32.9 Å². The van der Waals surface area contributed by atoms with Crippen LogP contribution >= 0.6 is 11.3 Å². The molecule has 28 heavy (non-hydrogen) atoms. The van der Waals surface area contributed by atoms with E-state index in [1.165, 1.54) is 4.90 Å². The molecule has 0 aliphatic heterocycles. The topological polar surface area (TPSA) is 105 Å². The molecule has 150 valence electrons. The lowest BCUT2D eigenvalue weighted by Gasteiger charge is -2.18. The molecule has 3 rings (SSSR count). The lowest BCUT2D eigenvalue weighted by atomic mass is 10.0. The van der Waals surface area contributed by atoms with E-state index in [1.54, 1.807) is 31.4 Å². The summed E-state index contributed by atoms with van der Waals surface area (Å²) in [4.78, 5) is 21.4. The van der Waals surface area contributed by atoms with Crippen molar-refractivity contribution in [3.63, 3.8) is 0 Å². The third-order valence-electron chi connectivity index (χ3n) is 4.32. The van der Waals surface area contributed by atoms with Gasteiger partial charge in [0.15, 0.2) is 0 Å². The van der Waals surface area contributed by atoms with Gasteiger partial charge in [0.1, 0.15) is 0 Å². The van der Waals surface area contributed by atoms with Crippen LogP contribution in [-0.4, -0.2) is 55.8 Å². The Morgan fingerprint density at radius 2 is 2.00 bits per heavy atom. The maximum Gasteiger partial charge on any atom is 0.259 e. The van der Waals surface area contributed by atoms with Gasteiger partial charge in [0.2, 0.25) is 10.0 Å². The fourth-order valence-electron chi connectivity index (χ4n) is 2.99. The molecule has 3 aromatic rings. The highest BCUT2D eigenvalue weighted by atomic mass is 32.2. The molecule has 3 heterocycles. The molecule has 3 aromatic heterocycles. The standard InChI is InChI=1S/C18H22N4O4S2/c1-10-8-13(12(3)27-10)15-9-14(16-11(2)21-26-17(16)20-15)18(23)22(4)7-6-19-28(5,24)25/h8-9,19H,6-7H2,1-5H3. The average Bonchev–Trinajstić information content (AvgIpc) is 3.14. The van der Waals surface area contributed by atoms with E-state index in [-0.39, 0.29) is 19.0 Å². The number of nitrogens with zero attached hydrogens (tertiary/aromatic N) is 3. The second-order valence-corrected chi connectivity index (χ2v) is 10.0. The molecule has 1 N–H and O–H groups in total. The number of sulfonamides is 1. The zero-order chi connectivity index (χ0) is 20.6. The first-order valence-corrected chi connectivity index (χ1v) is 11.3. The van der Waals surface area contributed by atoms with Crippen LogP contribution < -0.4 is 4.72 Å². The fraction of sp³-hybridized carbons (Fsp3) is 0.389. The van der Waals surface area contributed by atoms with Crippen LogP contribution in [-0.2, 0) is 10.0 Å². The molecule has 0 radical (unpaired) electrons. The molecule has 0 aliphatic carbocycles. The zero-order valence-corrected chi connectivity index (χ0v) is 18.0. The van der Waals surface area contributed by atoms with E-state index in [1.807, 2.05) is 19.9 Å². The zero-order valence-electron chi connectivity index (χ0n) is 16.4. The number of likely N-dealkylation sites (N-methyl/N-ethyl adjacent to an activating group) is 1. The average molecular weight is 423 g/mol. The molecule has 0 atom stereocenters. The van der Waals surface area contributed by atoms with Gasteiger partial charge in [0.05, 0.1) is 28.6 Å². The molecular weight excluding hydrogens is 400 g/mol. The number of rotatable bonds is 6. The number of nitrogens with one attached hydrogen (secondary N) is 1. The first-order valence-electron chi connectivity index (χ1n) is 8.61. The number of pyridine rings is 1. The highest BCUT2D eigenvalue weighted by molar-refractivity contribution is 7.88. The highest BCUT2D eigenvalue weighted by Gasteiger charge is 2.22. The van der Waals surface area contributed by atoms with Crippen LogP contribution in [0.25, 0.3) is 22.4 Å². The van der Waals surface area contributed by atoms with E-state index in [0.717, 1.165) is 21.6 Å². The first-order chi connectivity index (χ1) is 13.1. The van der Waals surface area contributed by atoms with Gasteiger partial charge in [-0.25, -0.2) is 18.1 Å². The summed E-state index contributed by atoms with van der Waals surface area (Å²) in [7, 11) is -1.68. The van der Waals surface area contributed by atoms with Crippen molar-refractivity contribution in [3.05, 3.63) is 33.1 Å². The Labute approximate surface area is 167 Å². The van der Waals surface area contributed by atoms with Crippen molar-refractivity contribution in [2.45, 2.75) is 20.8 Å². The van der Waals surface area contributed by atoms with Gasteiger partial charge in [0.25, 0.3) is 11.6 Å². The van der Waals surface area contributed by atoms with E-state index < -0.39 is 10.0 Å². The highest BCUT2D eigenvalue weighted by Crippen LogP contribution is 2.33. The SMILES string of the molecule is Cc1cc(-c2cc(C(=O)N(C)CCNS(C)(=O)=O)c3c(C)noc3n2)c(C)s1. The smallest absolute Gasteiger partial charge is 0.259 e. The molecule has 0 spiro atoms. The second kappa shape index (κ2) is 7.61. The minimum absolute atomic E-state index is 0.133. The van der Waals surface area contributed by atoms with Gasteiger partial charge in [-0.1, -0.05) is 5.16 Å². The van der Waals surface area contributed by atoms with E-state index in [0.29, 0.717) is 28.1 Å². The molecule has 8 nitrogen and oxygen atoms in total. The van der Waals surface area contributed by atoms with Gasteiger partial charge >= 0.3 is 0 Å². The van der Waals surface area contributed by atoms with Gasteiger partial charge in [-0.2, -0.15) is 0 Å². The summed E-state index contributed by atoms with van der Waals surface area (Å²) >= 11 is 1.66. The Kier molecular flexibility index (Phi) is 5.55. The maximum atomic E-state index is 13.1. The fourth-order valence-corrected chi connectivity index (χ4v) is 4.39. The molecule has 0 saturated heterocycles. The minimum Gasteiger partial charge on any atom is -0.340 e. The number of aryl methyl sites for hydroxylation is 3. The number of aromatic nitrogens is 2. The molecule has 0 bridgehead atoms. The molecule has 0 fully saturated rings. The quantitative estimate of drug-likeness (QED) is 0.654. The number of fused-ring (bicyclic) bond motifs is 1. The number of carbonyl (C=O) groups is 1. The number of carbonyl (C=O) groups excluding carboxylic acids is 1. The van der Waals surface area contributed by atoms with Gasteiger partial charge in [-0.15, -0.1) is 11.3 Å². The molecule has 1 amide bonds. The van der Waals surface area contributed by atoms with Crippen molar-refractivity contribution >= 4 is 38.4 Å². The van der Waals surface area contributed by atoms with Crippen molar-refractivity contribution in [1.29, 1.82) is 0 Å². The van der Waals surface area contributed by atoms with Crippen molar-refractivity contribution in [2.75, 3.05) is 26.4 Å². The molecule has 0 aromatic carbocycles. The molecule has 0 saturated carbocycles. The maximum absolute atomic E-state index is 13.1. The Morgan fingerprint density at radius 3 is 2.61 bits per heavy atom. The predicted octanol–water partition coefficient (Wildman–Crippen LogP) is 2.50. The predicted molar refractivity (Wildman–Crippen MR) is 109 cm³/mol. The summed E-state index contributed by atoms with van der Waals surface area (Å²) in [5.41, 5.74) is 2.93. The number of hydrogen-bond acceptors (Lipinski definition) is 7. The van der Waals surface area contributed by atoms with Crippen LogP contribution in [0.2, 0.25) is 0 Å². The Hall–Kier alpha value is -2.30. The summed E-state index contributed by atoms with van der Waals surface area (Å²) in [6.07, 6.45) is 1.08. The van der Waals surface area contributed by atoms with Crippen molar-refractivity contribution in [2.24, 2.45) is 0 Å². The summed E-state index contributed by atoms with van der Waals surface area (Å²) in [6.45, 7) is 6.15. The van der Waals surface area contributed by atoms with Crippen LogP contribution in [0.3, 0.4) is 0 Å². The van der Waals surface area contributed by atoms with Gasteiger partial charge < -0.3 is 9.42 Å². The van der Waals surface area contributed by atoms with E-state index in [2.05, 4.69) is 14.9 Å². The monoisotopic (exact) mass is 422 g/mol. The lowest BCUT2D eigenvalue weighted by molar-refractivity contribution is 0.0799. The summed E-state index contributed by atoms with van der Waals surface area (Å²) in [6, 6.07) is 3.79. The largest absolute Gasteiger partial charge is 0.340 e. The van der Waals surface area contributed by atoms with Crippen molar-refractivity contribution in [3.8, 4) is 11.3 Å². The van der Waals surface area contributed by atoms with Crippen LogP contribution in [0.15, 0.2) is 16.7 Å². The summed E-state index contributed by atoms with van der Waals surface area (Å²) < 4.78 is 30.2. The van der Waals surface area contributed by atoms with Gasteiger partial charge in [0, 0.05) is 35.5 Å². The number of hydrogen-bond donors (Lipinski definition) is 1. The Bertz CT molecular complexity index is 1150. The third kappa shape index (κ3) is 4.23. The Balaban J connectivity index is 2.00. The molecule has 0 aliphatic rings. The number of amides is 1. The first kappa shape index (κ1) is 20.4. The van der Waals surface area contributed by atoms with Crippen LogP contribution in [0.5, 0.6) is 0 Å². The van der Waals surface area contributed by atoms with Crippen LogP contribution in [0.1, 0.15) is 25.8 Å². The third-order valence-corrected chi connectivity index (χ3v) is 6.02. The summed E-state index contributed by atoms with van der Waals surface area (Å²) in [5, 5.41) is 4.53. The van der Waals surface area contributed by atoms with E-state index >= 15 is 0 Å². The van der Waals surface area contributed by atoms with Crippen LogP contribution in [0.4, 0.5) is 0 Å². The van der Waals surface area contributed by atoms with E-state index in [9.17, 15) is 13.2 Å². The Morgan fingerprint density at radius 1 is 1.29 bits per heavy atom. The van der Waals surface area contributed by atoms with Crippen LogP contribution in [0, 0.1) is 20.8 Å². The summed E-state index contributed by atoms with van der Waals surface area (Å²) in [5.74, 6) is -0.250. The van der Waals surface area contributed by atoms with E-state index in [4.69, 9.17) is 4.52 Å².